The maximum absolute atomic E-state index is 12.3. The molecule has 0 unspecified atom stereocenters. The number of anilines is 1. The van der Waals surface area contributed by atoms with Crippen LogP contribution in [0.2, 0.25) is 0 Å². The fourth-order valence-electron chi connectivity index (χ4n) is 2.60. The first kappa shape index (κ1) is 21.1. The van der Waals surface area contributed by atoms with Crippen molar-refractivity contribution < 1.29 is 17.9 Å². The van der Waals surface area contributed by atoms with E-state index in [1.54, 1.807) is 54.7 Å². The number of halogens is 1. The van der Waals surface area contributed by atoms with E-state index < -0.39 is 21.5 Å². The fourth-order valence-corrected chi connectivity index (χ4v) is 4.14. The summed E-state index contributed by atoms with van der Waals surface area (Å²) in [7, 11) is -1.69. The predicted octanol–water partition coefficient (Wildman–Crippen LogP) is 3.32. The highest BCUT2D eigenvalue weighted by atomic mass is 79.9. The van der Waals surface area contributed by atoms with E-state index in [2.05, 4.69) is 26.2 Å². The van der Waals surface area contributed by atoms with Gasteiger partial charge in [-0.3, -0.25) is 4.79 Å². The van der Waals surface area contributed by atoms with Crippen molar-refractivity contribution in [2.24, 2.45) is 7.05 Å². The fraction of sp³-hybridized carbons (Fsp3) is 0.200. The lowest BCUT2D eigenvalue weighted by molar-refractivity contribution is -0.113. The van der Waals surface area contributed by atoms with Gasteiger partial charge in [0.15, 0.2) is 9.84 Å². The predicted molar refractivity (Wildman–Crippen MR) is 114 cm³/mol. The number of hydrogen-bond donors (Lipinski definition) is 1. The molecule has 0 atom stereocenters. The van der Waals surface area contributed by atoms with Crippen molar-refractivity contribution in [2.75, 3.05) is 11.1 Å². The first-order valence-electron chi connectivity index (χ1n) is 8.74. The normalized spacial score (nSPS) is 11.2. The summed E-state index contributed by atoms with van der Waals surface area (Å²) >= 11 is 3.30. The number of hydrogen-bond acceptors (Lipinski definition) is 5. The maximum Gasteiger partial charge on any atom is 0.239 e. The van der Waals surface area contributed by atoms with E-state index in [-0.39, 0.29) is 5.75 Å². The second kappa shape index (κ2) is 9.23. The van der Waals surface area contributed by atoms with Crippen molar-refractivity contribution in [3.05, 3.63) is 76.8 Å². The van der Waals surface area contributed by atoms with Gasteiger partial charge in [-0.15, -0.1) is 0 Å². The van der Waals surface area contributed by atoms with Crippen molar-refractivity contribution in [1.82, 2.24) is 9.55 Å². The number of carbonyl (C=O) groups excluding carboxylic acids is 1. The molecular formula is C20H20BrN3O4S. The smallest absolute Gasteiger partial charge is 0.239 e. The van der Waals surface area contributed by atoms with Crippen LogP contribution in [0.25, 0.3) is 0 Å². The Kier molecular flexibility index (Phi) is 6.71. The third-order valence-corrected chi connectivity index (χ3v) is 6.08. The Hall–Kier alpha value is -2.65. The van der Waals surface area contributed by atoms with Crippen molar-refractivity contribution in [1.29, 1.82) is 0 Å². The summed E-state index contributed by atoms with van der Waals surface area (Å²) in [5.41, 5.74) is 1.13. The zero-order valence-corrected chi connectivity index (χ0v) is 18.1. The van der Waals surface area contributed by atoms with Crippen molar-refractivity contribution in [3.8, 4) is 5.75 Å². The first-order valence-corrected chi connectivity index (χ1v) is 11.4. The van der Waals surface area contributed by atoms with Crippen LogP contribution in [0.3, 0.4) is 0 Å². The van der Waals surface area contributed by atoms with Gasteiger partial charge in [-0.05, 0) is 42.0 Å². The SMILES string of the molecule is Cn1ccnc1COc1ccc(NC(=O)CS(=O)(=O)Cc2ccc(Br)cc2)cc1. The second-order valence-corrected chi connectivity index (χ2v) is 9.45. The largest absolute Gasteiger partial charge is 0.486 e. The molecule has 9 heteroatoms. The number of aromatic nitrogens is 2. The van der Waals surface area contributed by atoms with E-state index in [9.17, 15) is 13.2 Å². The van der Waals surface area contributed by atoms with Gasteiger partial charge in [0.25, 0.3) is 0 Å². The van der Waals surface area contributed by atoms with Gasteiger partial charge in [0, 0.05) is 29.6 Å². The summed E-state index contributed by atoms with van der Waals surface area (Å²) in [5.74, 6) is 0.0599. The molecule has 1 aromatic heterocycles. The van der Waals surface area contributed by atoms with Crippen LogP contribution >= 0.6 is 15.9 Å². The highest BCUT2D eigenvalue weighted by Crippen LogP contribution is 2.17. The average Bonchev–Trinajstić information content (AvgIpc) is 3.07. The van der Waals surface area contributed by atoms with Crippen molar-refractivity contribution in [3.63, 3.8) is 0 Å². The monoisotopic (exact) mass is 477 g/mol. The Morgan fingerprint density at radius 2 is 1.83 bits per heavy atom. The molecule has 0 saturated carbocycles. The summed E-state index contributed by atoms with van der Waals surface area (Å²) < 4.78 is 32.9. The lowest BCUT2D eigenvalue weighted by atomic mass is 10.2. The molecule has 3 aromatic rings. The minimum Gasteiger partial charge on any atom is -0.486 e. The van der Waals surface area contributed by atoms with Gasteiger partial charge in [-0.25, -0.2) is 13.4 Å². The number of imidazole rings is 1. The number of ether oxygens (including phenoxy) is 1. The summed E-state index contributed by atoms with van der Waals surface area (Å²) in [6.07, 6.45) is 3.53. The summed E-state index contributed by atoms with van der Waals surface area (Å²) in [4.78, 5) is 16.3. The van der Waals surface area contributed by atoms with Gasteiger partial charge in [-0.1, -0.05) is 28.1 Å². The minimum absolute atomic E-state index is 0.187. The number of aryl methyl sites for hydroxylation is 1. The minimum atomic E-state index is -3.57. The lowest BCUT2D eigenvalue weighted by Crippen LogP contribution is -2.23. The number of benzene rings is 2. The number of amides is 1. The van der Waals surface area contributed by atoms with E-state index in [0.29, 0.717) is 23.6 Å². The van der Waals surface area contributed by atoms with Gasteiger partial charge in [-0.2, -0.15) is 0 Å². The van der Waals surface area contributed by atoms with Crippen LogP contribution < -0.4 is 10.1 Å². The van der Waals surface area contributed by atoms with E-state index in [1.165, 1.54) is 0 Å². The molecular weight excluding hydrogens is 458 g/mol. The molecule has 2 aromatic carbocycles. The topological polar surface area (TPSA) is 90.3 Å². The highest BCUT2D eigenvalue weighted by molar-refractivity contribution is 9.10. The van der Waals surface area contributed by atoms with Crippen LogP contribution in [0.5, 0.6) is 5.75 Å². The second-order valence-electron chi connectivity index (χ2n) is 6.47. The van der Waals surface area contributed by atoms with Gasteiger partial charge in [0.1, 0.15) is 23.9 Å². The van der Waals surface area contributed by atoms with Gasteiger partial charge < -0.3 is 14.6 Å². The molecule has 0 bridgehead atoms. The van der Waals surface area contributed by atoms with Crippen LogP contribution in [0.1, 0.15) is 11.4 Å². The number of carbonyl (C=O) groups is 1. The molecule has 0 fully saturated rings. The summed E-state index contributed by atoms with van der Waals surface area (Å²) in [6, 6.07) is 13.7. The Morgan fingerprint density at radius 3 is 2.45 bits per heavy atom. The quantitative estimate of drug-likeness (QED) is 0.537. The van der Waals surface area contributed by atoms with Crippen molar-refractivity contribution in [2.45, 2.75) is 12.4 Å². The van der Waals surface area contributed by atoms with E-state index >= 15 is 0 Å². The summed E-state index contributed by atoms with van der Waals surface area (Å²) in [5, 5.41) is 2.60. The Labute approximate surface area is 177 Å². The molecule has 0 radical (unpaired) electrons. The molecule has 0 aliphatic carbocycles. The van der Waals surface area contributed by atoms with Crippen LogP contribution in [0.4, 0.5) is 5.69 Å². The Morgan fingerprint density at radius 1 is 1.14 bits per heavy atom. The van der Waals surface area contributed by atoms with Crippen LogP contribution in [-0.2, 0) is 34.0 Å². The summed E-state index contributed by atoms with van der Waals surface area (Å²) in [6.45, 7) is 0.323. The molecule has 0 saturated heterocycles. The molecule has 0 spiro atoms. The standard InChI is InChI=1S/C20H20BrN3O4S/c1-24-11-10-22-19(24)12-28-18-8-6-17(7-9-18)23-20(25)14-29(26,27)13-15-2-4-16(21)5-3-15/h2-11H,12-14H2,1H3,(H,23,25). The Balaban J connectivity index is 1.52. The number of nitrogens with one attached hydrogen (secondary N) is 1. The van der Waals surface area contributed by atoms with Gasteiger partial charge in [0.2, 0.25) is 5.91 Å². The maximum atomic E-state index is 12.3. The third-order valence-electron chi connectivity index (χ3n) is 4.08. The molecule has 29 heavy (non-hydrogen) atoms. The molecule has 3 rings (SSSR count). The van der Waals surface area contributed by atoms with Crippen LogP contribution in [0, 0.1) is 0 Å². The van der Waals surface area contributed by atoms with E-state index in [1.807, 2.05) is 17.8 Å². The van der Waals surface area contributed by atoms with Crippen molar-refractivity contribution >= 4 is 37.4 Å². The highest BCUT2D eigenvalue weighted by Gasteiger charge is 2.17. The van der Waals surface area contributed by atoms with Gasteiger partial charge in [0.05, 0.1) is 5.75 Å². The first-order chi connectivity index (χ1) is 13.8. The van der Waals surface area contributed by atoms with E-state index in [4.69, 9.17) is 4.74 Å². The van der Waals surface area contributed by atoms with E-state index in [0.717, 1.165) is 10.3 Å². The molecule has 7 nitrogen and oxygen atoms in total. The van der Waals surface area contributed by atoms with Crippen LogP contribution in [0.15, 0.2) is 65.4 Å². The molecule has 152 valence electrons. The number of nitrogens with zero attached hydrogens (tertiary/aromatic N) is 2. The molecule has 0 aliphatic rings. The number of sulfone groups is 1. The molecule has 0 aliphatic heterocycles. The van der Waals surface area contributed by atoms with Crippen LogP contribution in [-0.4, -0.2) is 29.6 Å². The zero-order valence-electron chi connectivity index (χ0n) is 15.7. The van der Waals surface area contributed by atoms with Gasteiger partial charge >= 0.3 is 0 Å². The lowest BCUT2D eigenvalue weighted by Gasteiger charge is -2.09. The molecule has 1 N–H and O–H groups in total. The molecule has 1 amide bonds. The third kappa shape index (κ3) is 6.43. The molecule has 1 heterocycles. The average molecular weight is 478 g/mol. The number of rotatable bonds is 8. The zero-order chi connectivity index (χ0) is 20.9. The Bertz CT molecular complexity index is 1080.